The van der Waals surface area contributed by atoms with Gasteiger partial charge in [0.15, 0.2) is 0 Å². The Balaban J connectivity index is 2.00. The van der Waals surface area contributed by atoms with E-state index in [1.807, 2.05) is 6.92 Å². The van der Waals surface area contributed by atoms with Crippen LogP contribution in [0.1, 0.15) is 17.8 Å². The van der Waals surface area contributed by atoms with Crippen LogP contribution >= 0.6 is 11.3 Å². The van der Waals surface area contributed by atoms with Gasteiger partial charge in [0.1, 0.15) is 5.01 Å². The molecule has 2 rings (SSSR count). The molecule has 17 heavy (non-hydrogen) atoms. The van der Waals surface area contributed by atoms with Crippen LogP contribution in [0.4, 0.5) is 5.13 Å². The number of nitrogens with one attached hydrogen (secondary N) is 1. The molecule has 0 radical (unpaired) electrons. The van der Waals surface area contributed by atoms with Crippen molar-refractivity contribution in [2.24, 2.45) is 5.41 Å². The highest BCUT2D eigenvalue weighted by atomic mass is 32.1. The van der Waals surface area contributed by atoms with Crippen molar-refractivity contribution < 1.29 is 14.6 Å². The number of rotatable bonds is 4. The molecule has 0 aliphatic carbocycles. The molecule has 0 amide bonds. The second-order valence-corrected chi connectivity index (χ2v) is 5.36. The van der Waals surface area contributed by atoms with E-state index in [0.717, 1.165) is 5.01 Å². The Morgan fingerprint density at radius 3 is 2.76 bits per heavy atom. The minimum atomic E-state index is -0.769. The van der Waals surface area contributed by atoms with E-state index in [4.69, 9.17) is 4.74 Å². The number of carboxylic acids is 1. The molecule has 1 aliphatic rings. The summed E-state index contributed by atoms with van der Waals surface area (Å²) in [5, 5.41) is 21.8. The van der Waals surface area contributed by atoms with Crippen LogP contribution in [-0.2, 0) is 9.53 Å². The molecule has 0 atom stereocenters. The van der Waals surface area contributed by atoms with E-state index in [2.05, 4.69) is 15.5 Å². The molecule has 0 spiro atoms. The SMILES string of the molecule is Cc1nnc(NCC2(C(=O)O)CCOCC2)s1. The van der Waals surface area contributed by atoms with Crippen molar-refractivity contribution in [1.82, 2.24) is 10.2 Å². The van der Waals surface area contributed by atoms with Crippen LogP contribution in [0, 0.1) is 12.3 Å². The van der Waals surface area contributed by atoms with E-state index in [9.17, 15) is 9.90 Å². The van der Waals surface area contributed by atoms with Gasteiger partial charge in [-0.3, -0.25) is 4.79 Å². The highest BCUT2D eigenvalue weighted by molar-refractivity contribution is 7.15. The number of anilines is 1. The third-order valence-electron chi connectivity index (χ3n) is 3.01. The van der Waals surface area contributed by atoms with E-state index < -0.39 is 11.4 Å². The van der Waals surface area contributed by atoms with E-state index in [1.165, 1.54) is 11.3 Å². The molecule has 0 aromatic carbocycles. The predicted molar refractivity (Wildman–Crippen MR) is 63.3 cm³/mol. The Bertz CT molecular complexity index is 401. The topological polar surface area (TPSA) is 84.3 Å². The highest BCUT2D eigenvalue weighted by Crippen LogP contribution is 2.31. The summed E-state index contributed by atoms with van der Waals surface area (Å²) in [6, 6.07) is 0. The number of carbonyl (C=O) groups is 1. The van der Waals surface area contributed by atoms with Crippen LogP contribution in [0.25, 0.3) is 0 Å². The number of carboxylic acid groups (broad SMARTS) is 1. The molecule has 1 aromatic heterocycles. The van der Waals surface area contributed by atoms with Gasteiger partial charge in [-0.2, -0.15) is 0 Å². The molecule has 2 heterocycles. The summed E-state index contributed by atoms with van der Waals surface area (Å²) in [5.41, 5.74) is -0.738. The summed E-state index contributed by atoms with van der Waals surface area (Å²) in [6.45, 7) is 3.25. The highest BCUT2D eigenvalue weighted by Gasteiger charge is 2.40. The Kier molecular flexibility index (Phi) is 3.58. The van der Waals surface area contributed by atoms with Crippen molar-refractivity contribution in [2.75, 3.05) is 25.1 Å². The second-order valence-electron chi connectivity index (χ2n) is 4.18. The van der Waals surface area contributed by atoms with Crippen LogP contribution in [0.5, 0.6) is 0 Å². The first-order valence-electron chi connectivity index (χ1n) is 5.47. The molecular weight excluding hydrogens is 242 g/mol. The van der Waals surface area contributed by atoms with Crippen LogP contribution in [0.15, 0.2) is 0 Å². The fourth-order valence-corrected chi connectivity index (χ4v) is 2.43. The summed E-state index contributed by atoms with van der Waals surface area (Å²) >= 11 is 1.43. The number of ether oxygens (including phenoxy) is 1. The predicted octanol–water partition coefficient (Wildman–Crippen LogP) is 1.14. The first-order valence-corrected chi connectivity index (χ1v) is 6.29. The number of nitrogens with zero attached hydrogens (tertiary/aromatic N) is 2. The molecule has 1 fully saturated rings. The summed E-state index contributed by atoms with van der Waals surface area (Å²) in [4.78, 5) is 11.4. The number of aliphatic carboxylic acids is 1. The Morgan fingerprint density at radius 2 is 2.24 bits per heavy atom. The van der Waals surface area contributed by atoms with E-state index in [-0.39, 0.29) is 0 Å². The Labute approximate surface area is 103 Å². The number of hydrogen-bond acceptors (Lipinski definition) is 6. The van der Waals surface area contributed by atoms with Crippen molar-refractivity contribution in [2.45, 2.75) is 19.8 Å². The Morgan fingerprint density at radius 1 is 1.53 bits per heavy atom. The number of hydrogen-bond donors (Lipinski definition) is 2. The van der Waals surface area contributed by atoms with E-state index >= 15 is 0 Å². The van der Waals surface area contributed by atoms with Crippen molar-refractivity contribution in [3.8, 4) is 0 Å². The third-order valence-corrected chi connectivity index (χ3v) is 3.80. The number of aryl methyl sites for hydroxylation is 1. The van der Waals surface area contributed by atoms with Crippen LogP contribution in [-0.4, -0.2) is 41.0 Å². The number of aromatic nitrogens is 2. The molecule has 1 saturated heterocycles. The smallest absolute Gasteiger partial charge is 0.311 e. The summed E-state index contributed by atoms with van der Waals surface area (Å²) in [7, 11) is 0. The minimum absolute atomic E-state index is 0.375. The maximum absolute atomic E-state index is 11.4. The largest absolute Gasteiger partial charge is 0.481 e. The zero-order valence-corrected chi connectivity index (χ0v) is 10.4. The molecule has 1 aliphatic heterocycles. The van der Waals surface area contributed by atoms with Gasteiger partial charge in [-0.15, -0.1) is 10.2 Å². The lowest BCUT2D eigenvalue weighted by Crippen LogP contribution is -2.42. The summed E-state index contributed by atoms with van der Waals surface area (Å²) < 4.78 is 5.21. The summed E-state index contributed by atoms with van der Waals surface area (Å²) in [6.07, 6.45) is 1.07. The van der Waals surface area contributed by atoms with Gasteiger partial charge in [0.25, 0.3) is 0 Å². The van der Waals surface area contributed by atoms with Crippen LogP contribution < -0.4 is 5.32 Å². The second kappa shape index (κ2) is 4.97. The maximum atomic E-state index is 11.4. The third kappa shape index (κ3) is 2.73. The molecule has 6 nitrogen and oxygen atoms in total. The van der Waals surface area contributed by atoms with E-state index in [0.29, 0.717) is 37.7 Å². The zero-order chi connectivity index (χ0) is 12.3. The van der Waals surface area contributed by atoms with Crippen molar-refractivity contribution >= 4 is 22.4 Å². The van der Waals surface area contributed by atoms with Gasteiger partial charge in [0, 0.05) is 19.8 Å². The molecule has 1 aromatic rings. The van der Waals surface area contributed by atoms with Crippen molar-refractivity contribution in [3.05, 3.63) is 5.01 Å². The average Bonchev–Trinajstić information content (AvgIpc) is 2.74. The molecule has 7 heteroatoms. The molecular formula is C10H15N3O3S. The molecule has 0 bridgehead atoms. The quantitative estimate of drug-likeness (QED) is 0.841. The monoisotopic (exact) mass is 257 g/mol. The van der Waals surface area contributed by atoms with Crippen LogP contribution in [0.3, 0.4) is 0 Å². The summed E-state index contributed by atoms with van der Waals surface area (Å²) in [5.74, 6) is -0.769. The van der Waals surface area contributed by atoms with Gasteiger partial charge >= 0.3 is 5.97 Å². The normalized spacial score (nSPS) is 18.9. The van der Waals surface area contributed by atoms with Crippen molar-refractivity contribution in [1.29, 1.82) is 0 Å². The first kappa shape index (κ1) is 12.3. The van der Waals surface area contributed by atoms with Gasteiger partial charge in [-0.05, 0) is 19.8 Å². The van der Waals surface area contributed by atoms with Gasteiger partial charge in [0.05, 0.1) is 5.41 Å². The van der Waals surface area contributed by atoms with E-state index in [1.54, 1.807) is 0 Å². The van der Waals surface area contributed by atoms with Gasteiger partial charge in [-0.25, -0.2) is 0 Å². The molecule has 0 saturated carbocycles. The fraction of sp³-hybridized carbons (Fsp3) is 0.700. The average molecular weight is 257 g/mol. The lowest BCUT2D eigenvalue weighted by Gasteiger charge is -2.32. The van der Waals surface area contributed by atoms with Gasteiger partial charge in [0.2, 0.25) is 5.13 Å². The lowest BCUT2D eigenvalue weighted by molar-refractivity contribution is -0.153. The van der Waals surface area contributed by atoms with Crippen molar-refractivity contribution in [3.63, 3.8) is 0 Å². The standard InChI is InChI=1S/C10H15N3O3S/c1-7-12-13-9(17-7)11-6-10(8(14)15)2-4-16-5-3-10/h2-6H2,1H3,(H,11,13)(H,14,15). The first-order chi connectivity index (χ1) is 8.12. The Hall–Kier alpha value is -1.21. The molecule has 94 valence electrons. The minimum Gasteiger partial charge on any atom is -0.481 e. The van der Waals surface area contributed by atoms with Gasteiger partial charge in [-0.1, -0.05) is 11.3 Å². The molecule has 2 N–H and O–H groups in total. The maximum Gasteiger partial charge on any atom is 0.311 e. The molecule has 0 unspecified atom stereocenters. The lowest BCUT2D eigenvalue weighted by atomic mass is 9.80. The fourth-order valence-electron chi connectivity index (χ4n) is 1.84. The zero-order valence-electron chi connectivity index (χ0n) is 9.60. The van der Waals surface area contributed by atoms with Gasteiger partial charge < -0.3 is 15.2 Å². The van der Waals surface area contributed by atoms with Crippen LogP contribution in [0.2, 0.25) is 0 Å².